The van der Waals surface area contributed by atoms with Gasteiger partial charge in [0.05, 0.1) is 5.69 Å². The second-order valence-corrected chi connectivity index (χ2v) is 5.41. The largest absolute Gasteiger partial charge is 0.492 e. The lowest BCUT2D eigenvalue weighted by atomic mass is 10.3. The highest BCUT2D eigenvalue weighted by atomic mass is 127. The van der Waals surface area contributed by atoms with Gasteiger partial charge in [-0.2, -0.15) is 4.39 Å². The first-order valence-electron chi connectivity index (χ1n) is 4.61. The zero-order chi connectivity index (χ0) is 13.4. The fraction of sp³-hybridized carbons (Fsp3) is 0. The number of benzene rings is 1. The summed E-state index contributed by atoms with van der Waals surface area (Å²) in [6, 6.07) is 4.94. The lowest BCUT2D eigenvalue weighted by Crippen LogP contribution is -2.31. The van der Waals surface area contributed by atoms with Crippen LogP contribution in [-0.2, 0) is 0 Å². The molecule has 0 amide bonds. The molecule has 0 radical (unpaired) electrons. The number of aromatic hydroxyl groups is 1. The lowest BCUT2D eigenvalue weighted by Gasteiger charge is -2.10. The maximum atomic E-state index is 13.3. The van der Waals surface area contributed by atoms with Gasteiger partial charge in [0.15, 0.2) is 0 Å². The highest BCUT2D eigenvalue weighted by Gasteiger charge is 2.16. The summed E-state index contributed by atoms with van der Waals surface area (Å²) in [5, 5.41) is 9.58. The minimum absolute atomic E-state index is 0.266. The predicted molar refractivity (Wildman–Crippen MR) is 74.7 cm³/mol. The van der Waals surface area contributed by atoms with Crippen molar-refractivity contribution >= 4 is 38.5 Å². The molecule has 0 bridgehead atoms. The van der Waals surface area contributed by atoms with Gasteiger partial charge in [0, 0.05) is 8.04 Å². The van der Waals surface area contributed by atoms with Gasteiger partial charge in [0.1, 0.15) is 0 Å². The third-order valence-electron chi connectivity index (χ3n) is 2.18. The summed E-state index contributed by atoms with van der Waals surface area (Å²) < 4.78 is 15.3. The zero-order valence-electron chi connectivity index (χ0n) is 8.58. The van der Waals surface area contributed by atoms with Gasteiger partial charge >= 0.3 is 5.69 Å². The fourth-order valence-electron chi connectivity index (χ4n) is 1.38. The maximum Gasteiger partial charge on any atom is 0.335 e. The minimum atomic E-state index is -1.40. The standard InChI is InChI=1S/C10H5BrFIN2O3/c11-4-1-2-5(13)6(3-4)15-9(17)7(12)8(16)14-10(15)18/h1-3,17H,(H,14,16,18). The monoisotopic (exact) mass is 426 g/mol. The molecule has 1 aromatic heterocycles. The first-order chi connectivity index (χ1) is 8.41. The van der Waals surface area contributed by atoms with Gasteiger partial charge in [-0.3, -0.25) is 9.78 Å². The van der Waals surface area contributed by atoms with Gasteiger partial charge in [-0.25, -0.2) is 9.36 Å². The predicted octanol–water partition coefficient (Wildman–Crippen LogP) is 1.74. The van der Waals surface area contributed by atoms with Gasteiger partial charge in [-0.05, 0) is 40.8 Å². The summed E-state index contributed by atoms with van der Waals surface area (Å²) in [4.78, 5) is 24.4. The van der Waals surface area contributed by atoms with Crippen LogP contribution in [0.5, 0.6) is 5.88 Å². The number of hydrogen-bond acceptors (Lipinski definition) is 3. The molecule has 0 spiro atoms. The Bertz CT molecular complexity index is 741. The molecule has 0 aliphatic heterocycles. The SMILES string of the molecule is O=c1[nH]c(=O)n(-c2cc(Br)ccc2I)c(O)c1F. The molecule has 1 heterocycles. The zero-order valence-corrected chi connectivity index (χ0v) is 12.3. The molecule has 0 unspecified atom stereocenters. The van der Waals surface area contributed by atoms with Crippen LogP contribution < -0.4 is 11.2 Å². The van der Waals surface area contributed by atoms with Crippen LogP contribution in [0.3, 0.4) is 0 Å². The van der Waals surface area contributed by atoms with E-state index in [1.165, 1.54) is 6.07 Å². The van der Waals surface area contributed by atoms with E-state index < -0.39 is 22.9 Å². The van der Waals surface area contributed by atoms with E-state index in [9.17, 15) is 19.1 Å². The molecular weight excluding hydrogens is 422 g/mol. The Morgan fingerprint density at radius 3 is 2.72 bits per heavy atom. The van der Waals surface area contributed by atoms with Gasteiger partial charge in [0.2, 0.25) is 11.7 Å². The second-order valence-electron chi connectivity index (χ2n) is 3.33. The number of nitrogens with one attached hydrogen (secondary N) is 1. The van der Waals surface area contributed by atoms with E-state index in [-0.39, 0.29) is 5.69 Å². The lowest BCUT2D eigenvalue weighted by molar-refractivity contribution is 0.386. The topological polar surface area (TPSA) is 75.1 Å². The second kappa shape index (κ2) is 4.84. The Balaban J connectivity index is 2.88. The molecule has 0 fully saturated rings. The molecule has 0 atom stereocenters. The molecule has 18 heavy (non-hydrogen) atoms. The average molecular weight is 427 g/mol. The first-order valence-corrected chi connectivity index (χ1v) is 6.48. The summed E-state index contributed by atoms with van der Waals surface area (Å²) in [6.07, 6.45) is 0. The summed E-state index contributed by atoms with van der Waals surface area (Å²) in [6.45, 7) is 0. The van der Waals surface area contributed by atoms with Gasteiger partial charge < -0.3 is 5.11 Å². The average Bonchev–Trinajstić information content (AvgIpc) is 2.31. The van der Waals surface area contributed by atoms with Crippen LogP contribution >= 0.6 is 38.5 Å². The van der Waals surface area contributed by atoms with E-state index in [0.29, 0.717) is 12.6 Å². The van der Waals surface area contributed by atoms with Crippen molar-refractivity contribution in [3.8, 4) is 11.6 Å². The smallest absolute Gasteiger partial charge is 0.335 e. The molecule has 8 heteroatoms. The van der Waals surface area contributed by atoms with Crippen molar-refractivity contribution in [1.29, 1.82) is 0 Å². The number of halogens is 3. The van der Waals surface area contributed by atoms with Crippen LogP contribution in [0.2, 0.25) is 0 Å². The third-order valence-corrected chi connectivity index (χ3v) is 3.59. The number of aromatic nitrogens is 2. The molecule has 2 aromatic rings. The van der Waals surface area contributed by atoms with E-state index in [2.05, 4.69) is 15.9 Å². The summed E-state index contributed by atoms with van der Waals surface area (Å²) in [5.74, 6) is -2.41. The van der Waals surface area contributed by atoms with Gasteiger partial charge in [0.25, 0.3) is 5.56 Å². The number of hydrogen-bond donors (Lipinski definition) is 2. The molecule has 0 saturated heterocycles. The molecule has 94 valence electrons. The quantitative estimate of drug-likeness (QED) is 0.682. The highest BCUT2D eigenvalue weighted by molar-refractivity contribution is 14.1. The number of H-pyrrole nitrogens is 1. The summed E-state index contributed by atoms with van der Waals surface area (Å²) in [5.41, 5.74) is -1.89. The minimum Gasteiger partial charge on any atom is -0.492 e. The van der Waals surface area contributed by atoms with E-state index in [1.54, 1.807) is 17.1 Å². The normalized spacial score (nSPS) is 10.6. The Hall–Kier alpha value is -1.16. The molecule has 0 aliphatic rings. The summed E-state index contributed by atoms with van der Waals surface area (Å²) >= 11 is 5.14. The number of aromatic amines is 1. The van der Waals surface area contributed by atoms with Gasteiger partial charge in [-0.15, -0.1) is 0 Å². The van der Waals surface area contributed by atoms with Crippen LogP contribution in [0.4, 0.5) is 4.39 Å². The van der Waals surface area contributed by atoms with Crippen molar-refractivity contribution in [1.82, 2.24) is 9.55 Å². The fourth-order valence-corrected chi connectivity index (χ4v) is 2.31. The van der Waals surface area contributed by atoms with E-state index in [4.69, 9.17) is 0 Å². The molecular formula is C10H5BrFIN2O3. The molecule has 5 nitrogen and oxygen atoms in total. The van der Waals surface area contributed by atoms with Crippen LogP contribution in [0.1, 0.15) is 0 Å². The Morgan fingerprint density at radius 1 is 1.39 bits per heavy atom. The molecule has 0 aliphatic carbocycles. The van der Waals surface area contributed by atoms with Crippen molar-refractivity contribution in [2.75, 3.05) is 0 Å². The Kier molecular flexibility index (Phi) is 3.57. The van der Waals surface area contributed by atoms with Crippen LogP contribution in [0.15, 0.2) is 32.3 Å². The third kappa shape index (κ3) is 2.21. The van der Waals surface area contributed by atoms with Crippen molar-refractivity contribution in [3.63, 3.8) is 0 Å². The van der Waals surface area contributed by atoms with Crippen LogP contribution in [-0.4, -0.2) is 14.7 Å². The number of rotatable bonds is 1. The number of nitrogens with zero attached hydrogens (tertiary/aromatic N) is 1. The van der Waals surface area contributed by atoms with E-state index in [1.807, 2.05) is 22.6 Å². The van der Waals surface area contributed by atoms with Gasteiger partial charge in [-0.1, -0.05) is 15.9 Å². The Morgan fingerprint density at radius 2 is 2.06 bits per heavy atom. The van der Waals surface area contributed by atoms with Crippen molar-refractivity contribution in [2.45, 2.75) is 0 Å². The molecule has 1 aromatic carbocycles. The summed E-state index contributed by atoms with van der Waals surface area (Å²) in [7, 11) is 0. The first kappa shape index (κ1) is 13.3. The van der Waals surface area contributed by atoms with Crippen LogP contribution in [0, 0.1) is 9.39 Å². The van der Waals surface area contributed by atoms with Crippen molar-refractivity contribution < 1.29 is 9.50 Å². The van der Waals surface area contributed by atoms with Crippen molar-refractivity contribution in [3.05, 3.63) is 52.9 Å². The van der Waals surface area contributed by atoms with E-state index >= 15 is 0 Å². The highest BCUT2D eigenvalue weighted by Crippen LogP contribution is 2.24. The molecule has 2 rings (SSSR count). The Labute approximate surface area is 122 Å². The molecule has 2 N–H and O–H groups in total. The maximum absolute atomic E-state index is 13.3. The molecule has 0 saturated carbocycles. The van der Waals surface area contributed by atoms with E-state index in [0.717, 1.165) is 0 Å². The van der Waals surface area contributed by atoms with Crippen LogP contribution in [0.25, 0.3) is 5.69 Å². The van der Waals surface area contributed by atoms with Crippen molar-refractivity contribution in [2.24, 2.45) is 0 Å².